The quantitative estimate of drug-likeness (QED) is 0.554. The summed E-state index contributed by atoms with van der Waals surface area (Å²) in [6.07, 6.45) is 0. The number of aliphatic imine (C=N–C) groups is 1. The van der Waals surface area contributed by atoms with Crippen molar-refractivity contribution in [2.75, 3.05) is 0 Å². The largest absolute Gasteiger partial charge is 0.288 e. The Kier molecular flexibility index (Phi) is 3.38. The molecule has 12 heavy (non-hydrogen) atoms. The molecule has 0 aliphatic rings. The van der Waals surface area contributed by atoms with Gasteiger partial charge in [0.25, 0.3) is 5.91 Å². The molecule has 0 aliphatic heterocycles. The van der Waals surface area contributed by atoms with Crippen molar-refractivity contribution in [2.24, 2.45) is 4.99 Å². The van der Waals surface area contributed by atoms with E-state index in [1.807, 2.05) is 5.16 Å². The summed E-state index contributed by atoms with van der Waals surface area (Å²) in [6.45, 7) is 0. The van der Waals surface area contributed by atoms with Crippen molar-refractivity contribution in [2.45, 2.75) is 0 Å². The van der Waals surface area contributed by atoms with Gasteiger partial charge in [0.15, 0.2) is 0 Å². The van der Waals surface area contributed by atoms with Crippen molar-refractivity contribution in [1.29, 1.82) is 0 Å². The van der Waals surface area contributed by atoms with E-state index < -0.39 is 5.91 Å². The summed E-state index contributed by atoms with van der Waals surface area (Å²) >= 11 is 16.7. The van der Waals surface area contributed by atoms with Gasteiger partial charge in [0.1, 0.15) is 4.34 Å². The van der Waals surface area contributed by atoms with Crippen molar-refractivity contribution < 1.29 is 4.79 Å². The molecule has 6 heteroatoms. The molecule has 1 aromatic heterocycles. The van der Waals surface area contributed by atoms with Crippen LogP contribution in [0.4, 0.5) is 0 Å². The van der Waals surface area contributed by atoms with E-state index in [1.54, 1.807) is 0 Å². The van der Waals surface area contributed by atoms with Crippen LogP contribution in [-0.2, 0) is 0 Å². The number of amides is 1. The van der Waals surface area contributed by atoms with Crippen LogP contribution in [0.3, 0.4) is 0 Å². The molecule has 0 unspecified atom stereocenters. The molecule has 1 heterocycles. The zero-order valence-electron chi connectivity index (χ0n) is 5.51. The van der Waals surface area contributed by atoms with E-state index in [2.05, 4.69) is 17.2 Å². The van der Waals surface area contributed by atoms with Gasteiger partial charge >= 0.3 is 0 Å². The topological polar surface area (TPSA) is 29.4 Å². The average molecular weight is 238 g/mol. The Hall–Kier alpha value is -0.250. The van der Waals surface area contributed by atoms with Gasteiger partial charge in [-0.3, -0.25) is 4.79 Å². The van der Waals surface area contributed by atoms with E-state index in [0.717, 1.165) is 11.3 Å². The fourth-order valence-electron chi connectivity index (χ4n) is 0.588. The van der Waals surface area contributed by atoms with E-state index in [4.69, 9.17) is 23.2 Å². The Morgan fingerprint density at radius 1 is 1.67 bits per heavy atom. The molecule has 0 saturated heterocycles. The van der Waals surface area contributed by atoms with E-state index in [0.29, 0.717) is 8.67 Å². The molecule has 0 fully saturated rings. The molecule has 0 radical (unpaired) electrons. The highest BCUT2D eigenvalue weighted by Gasteiger charge is 2.12. The van der Waals surface area contributed by atoms with E-state index >= 15 is 0 Å². The maximum Gasteiger partial charge on any atom is 0.288 e. The molecule has 2 nitrogen and oxygen atoms in total. The van der Waals surface area contributed by atoms with Gasteiger partial charge in [-0.2, -0.15) is 4.99 Å². The minimum atomic E-state index is -0.516. The van der Waals surface area contributed by atoms with Crippen LogP contribution in [-0.4, -0.2) is 11.1 Å². The number of carbonyl (C=O) groups excluding carboxylic acids is 1. The smallest absolute Gasteiger partial charge is 0.266 e. The van der Waals surface area contributed by atoms with Crippen LogP contribution in [0.2, 0.25) is 8.67 Å². The van der Waals surface area contributed by atoms with Crippen molar-refractivity contribution in [3.63, 3.8) is 0 Å². The molecular formula is C6HCl2NOS2. The molecule has 1 rings (SSSR count). The first-order chi connectivity index (χ1) is 5.65. The highest BCUT2D eigenvalue weighted by Crippen LogP contribution is 2.31. The normalized spacial score (nSPS) is 9.17. The predicted molar refractivity (Wildman–Crippen MR) is 53.7 cm³/mol. The molecule has 1 amide bonds. The second-order valence-corrected chi connectivity index (χ2v) is 4.21. The number of hydrogen-bond donors (Lipinski definition) is 0. The zero-order chi connectivity index (χ0) is 9.14. The summed E-state index contributed by atoms with van der Waals surface area (Å²) < 4.78 is 0.766. The first kappa shape index (κ1) is 9.84. The maximum absolute atomic E-state index is 11.0. The number of hydrogen-bond acceptors (Lipinski definition) is 3. The zero-order valence-corrected chi connectivity index (χ0v) is 8.65. The van der Waals surface area contributed by atoms with Crippen LogP contribution in [0, 0.1) is 0 Å². The lowest BCUT2D eigenvalue weighted by Crippen LogP contribution is -1.90. The van der Waals surface area contributed by atoms with E-state index in [9.17, 15) is 4.79 Å². The van der Waals surface area contributed by atoms with E-state index in [-0.39, 0.29) is 5.56 Å². The molecule has 0 N–H and O–H groups in total. The lowest BCUT2D eigenvalue weighted by Gasteiger charge is -1.85. The SMILES string of the molecule is O=C(N=C=S)c1cc(Cl)sc1Cl. The molecule has 62 valence electrons. The van der Waals surface area contributed by atoms with Crippen LogP contribution < -0.4 is 0 Å². The van der Waals surface area contributed by atoms with Crippen LogP contribution in [0.1, 0.15) is 10.4 Å². The number of thiophene rings is 1. The molecule has 0 aliphatic carbocycles. The Morgan fingerprint density at radius 2 is 2.33 bits per heavy atom. The Morgan fingerprint density at radius 3 is 2.75 bits per heavy atom. The number of carbonyl (C=O) groups is 1. The van der Waals surface area contributed by atoms with Gasteiger partial charge in [-0.1, -0.05) is 23.2 Å². The number of nitrogens with zero attached hydrogens (tertiary/aromatic N) is 1. The fraction of sp³-hybridized carbons (Fsp3) is 0. The highest BCUT2D eigenvalue weighted by atomic mass is 35.5. The molecule has 0 aromatic carbocycles. The summed E-state index contributed by atoms with van der Waals surface area (Å²) in [5.41, 5.74) is 0.268. The molecular weight excluding hydrogens is 237 g/mol. The lowest BCUT2D eigenvalue weighted by molar-refractivity contribution is 0.100. The molecule has 0 atom stereocenters. The molecule has 0 bridgehead atoms. The molecule has 0 saturated carbocycles. The summed E-state index contributed by atoms with van der Waals surface area (Å²) in [5.74, 6) is -0.516. The van der Waals surface area contributed by atoms with Gasteiger partial charge in [0.2, 0.25) is 0 Å². The van der Waals surface area contributed by atoms with Crippen LogP contribution in [0.5, 0.6) is 0 Å². The molecule has 0 spiro atoms. The van der Waals surface area contributed by atoms with Crippen molar-refractivity contribution >= 4 is 57.8 Å². The van der Waals surface area contributed by atoms with Gasteiger partial charge < -0.3 is 0 Å². The second-order valence-electron chi connectivity index (χ2n) is 1.75. The second kappa shape index (κ2) is 4.12. The van der Waals surface area contributed by atoms with Gasteiger partial charge in [-0.15, -0.1) is 11.3 Å². The van der Waals surface area contributed by atoms with Crippen LogP contribution >= 0.6 is 46.8 Å². The minimum Gasteiger partial charge on any atom is -0.266 e. The van der Waals surface area contributed by atoms with Crippen LogP contribution in [0.25, 0.3) is 0 Å². The van der Waals surface area contributed by atoms with Crippen LogP contribution in [0.15, 0.2) is 11.1 Å². The average Bonchev–Trinajstić information content (AvgIpc) is 2.30. The Bertz CT molecular complexity index is 368. The summed E-state index contributed by atoms with van der Waals surface area (Å²) in [7, 11) is 0. The minimum absolute atomic E-state index is 0.268. The van der Waals surface area contributed by atoms with Crippen molar-refractivity contribution in [3.8, 4) is 0 Å². The number of halogens is 2. The van der Waals surface area contributed by atoms with Gasteiger partial charge in [0.05, 0.1) is 15.1 Å². The number of thiocarbonyl (C=S) groups is 1. The highest BCUT2D eigenvalue weighted by molar-refractivity contribution is 7.78. The number of isothiocyanates is 1. The van der Waals surface area contributed by atoms with Gasteiger partial charge in [-0.25, -0.2) is 0 Å². The first-order valence-electron chi connectivity index (χ1n) is 2.72. The van der Waals surface area contributed by atoms with Crippen molar-refractivity contribution in [1.82, 2.24) is 0 Å². The number of rotatable bonds is 1. The third-order valence-corrected chi connectivity index (χ3v) is 2.61. The third kappa shape index (κ3) is 2.12. The standard InChI is InChI=1S/C6HCl2NOS2/c7-4-1-3(5(8)12-4)6(10)9-2-11/h1H. The lowest BCUT2D eigenvalue weighted by atomic mass is 10.3. The predicted octanol–water partition coefficient (Wildman–Crippen LogP) is 3.30. The Labute approximate surface area is 87.8 Å². The summed E-state index contributed by atoms with van der Waals surface area (Å²) in [5, 5.41) is 1.96. The molecule has 1 aromatic rings. The third-order valence-electron chi connectivity index (χ3n) is 1.03. The van der Waals surface area contributed by atoms with Gasteiger partial charge in [-0.05, 0) is 18.3 Å². The first-order valence-corrected chi connectivity index (χ1v) is 4.70. The van der Waals surface area contributed by atoms with Gasteiger partial charge in [0, 0.05) is 0 Å². The maximum atomic E-state index is 11.0. The summed E-state index contributed by atoms with van der Waals surface area (Å²) in [6, 6.07) is 1.45. The fourth-order valence-corrected chi connectivity index (χ4v) is 2.12. The van der Waals surface area contributed by atoms with Crippen molar-refractivity contribution in [3.05, 3.63) is 20.3 Å². The Balaban J connectivity index is 3.10. The summed E-state index contributed by atoms with van der Waals surface area (Å²) in [4.78, 5) is 14.3. The van der Waals surface area contributed by atoms with E-state index in [1.165, 1.54) is 6.07 Å². The monoisotopic (exact) mass is 237 g/mol.